The summed E-state index contributed by atoms with van der Waals surface area (Å²) in [5, 5.41) is 4.40. The minimum absolute atomic E-state index is 0.294. The Balaban J connectivity index is 1.67. The van der Waals surface area contributed by atoms with Crippen LogP contribution in [0, 0.1) is 0 Å². The first-order chi connectivity index (χ1) is 17.0. The third-order valence-corrected chi connectivity index (χ3v) is 5.00. The summed E-state index contributed by atoms with van der Waals surface area (Å²) in [5.74, 6) is 1.48. The van der Waals surface area contributed by atoms with Crippen molar-refractivity contribution in [3.63, 3.8) is 0 Å². The van der Waals surface area contributed by atoms with Crippen LogP contribution in [0.25, 0.3) is 0 Å². The molecule has 0 aliphatic carbocycles. The minimum Gasteiger partial charge on any atom is -0.493 e. The maximum absolute atomic E-state index is 12.6. The lowest BCUT2D eigenvalue weighted by Crippen LogP contribution is -2.17. The maximum Gasteiger partial charge on any atom is 0.271 e. The summed E-state index contributed by atoms with van der Waals surface area (Å²) in [6, 6.07) is 18.1. The Bertz CT molecular complexity index is 1180. The lowest BCUT2D eigenvalue weighted by atomic mass is 10.2. The van der Waals surface area contributed by atoms with Crippen molar-refractivity contribution >= 4 is 23.7 Å². The van der Waals surface area contributed by atoms with Gasteiger partial charge in [-0.3, -0.25) is 4.79 Å². The van der Waals surface area contributed by atoms with Crippen molar-refractivity contribution < 1.29 is 23.7 Å². The van der Waals surface area contributed by atoms with Gasteiger partial charge in [0.1, 0.15) is 13.2 Å². The highest BCUT2D eigenvalue weighted by atomic mass is 35.5. The molecule has 1 amide bonds. The molecule has 0 saturated carbocycles. The molecule has 1 N–H and O–H groups in total. The zero-order chi connectivity index (χ0) is 25.0. The van der Waals surface area contributed by atoms with Crippen molar-refractivity contribution in [2.24, 2.45) is 5.10 Å². The van der Waals surface area contributed by atoms with Crippen LogP contribution in [0.4, 0.5) is 0 Å². The highest BCUT2D eigenvalue weighted by Crippen LogP contribution is 2.36. The predicted molar refractivity (Wildman–Crippen MR) is 137 cm³/mol. The molecule has 0 bridgehead atoms. The molecule has 8 heteroatoms. The molecule has 0 aromatic heterocycles. The van der Waals surface area contributed by atoms with Crippen molar-refractivity contribution in [2.75, 3.05) is 20.3 Å². The van der Waals surface area contributed by atoms with Crippen LogP contribution in [0.15, 0.2) is 78.4 Å². The molecule has 0 spiro atoms. The number of amides is 1. The van der Waals surface area contributed by atoms with Crippen molar-refractivity contribution in [3.05, 3.63) is 95.0 Å². The molecule has 182 valence electrons. The number of ether oxygens (including phenoxy) is 4. The molecule has 35 heavy (non-hydrogen) atoms. The molecule has 3 aromatic rings. The Labute approximate surface area is 209 Å². The topological polar surface area (TPSA) is 78.4 Å². The smallest absolute Gasteiger partial charge is 0.271 e. The first-order valence-electron chi connectivity index (χ1n) is 10.9. The maximum atomic E-state index is 12.6. The molecule has 0 unspecified atom stereocenters. The van der Waals surface area contributed by atoms with Gasteiger partial charge >= 0.3 is 0 Å². The second-order valence-electron chi connectivity index (χ2n) is 7.20. The van der Waals surface area contributed by atoms with E-state index in [-0.39, 0.29) is 0 Å². The van der Waals surface area contributed by atoms with E-state index in [0.29, 0.717) is 59.0 Å². The molecule has 7 nitrogen and oxygen atoms in total. The lowest BCUT2D eigenvalue weighted by Gasteiger charge is -2.13. The number of nitrogens with one attached hydrogen (secondary N) is 1. The number of hydrogen-bond donors (Lipinski definition) is 1. The third-order valence-electron chi connectivity index (χ3n) is 4.72. The van der Waals surface area contributed by atoms with E-state index < -0.39 is 5.91 Å². The van der Waals surface area contributed by atoms with Crippen LogP contribution in [-0.2, 0) is 6.61 Å². The molecular weight excluding hydrogens is 468 g/mol. The summed E-state index contributed by atoms with van der Waals surface area (Å²) in [4.78, 5) is 12.6. The Morgan fingerprint density at radius 3 is 2.54 bits per heavy atom. The van der Waals surface area contributed by atoms with E-state index in [1.165, 1.54) is 13.3 Å². The van der Waals surface area contributed by atoms with Gasteiger partial charge < -0.3 is 18.9 Å². The van der Waals surface area contributed by atoms with Crippen LogP contribution in [-0.4, -0.2) is 32.4 Å². The quantitative estimate of drug-likeness (QED) is 0.200. The van der Waals surface area contributed by atoms with Crippen LogP contribution >= 0.6 is 11.6 Å². The molecule has 0 aliphatic heterocycles. The zero-order valence-corrected chi connectivity index (χ0v) is 20.4. The van der Waals surface area contributed by atoms with E-state index in [4.69, 9.17) is 30.5 Å². The zero-order valence-electron chi connectivity index (χ0n) is 19.6. The first kappa shape index (κ1) is 25.6. The van der Waals surface area contributed by atoms with Crippen LogP contribution < -0.4 is 24.4 Å². The van der Waals surface area contributed by atoms with Gasteiger partial charge in [-0.05, 0) is 48.4 Å². The average Bonchev–Trinajstić information content (AvgIpc) is 2.87. The molecule has 3 aromatic carbocycles. The molecular formula is C27H27ClN2O5. The molecule has 0 heterocycles. The molecule has 0 aliphatic rings. The van der Waals surface area contributed by atoms with Crippen molar-refractivity contribution in [3.8, 4) is 23.0 Å². The number of hydrogen-bond acceptors (Lipinski definition) is 6. The summed E-state index contributed by atoms with van der Waals surface area (Å²) in [6.45, 7) is 6.61. The highest BCUT2D eigenvalue weighted by Gasteiger charge is 2.13. The average molecular weight is 495 g/mol. The van der Waals surface area contributed by atoms with Gasteiger partial charge in [-0.25, -0.2) is 5.43 Å². The standard InChI is InChI=1S/C27H27ClN2O5/c1-4-13-34-26-22(28)14-20(15-25(26)33-5-2)17-29-30-27(31)21-11-12-23(24(16-21)32-3)35-18-19-9-7-6-8-10-19/h4,6-12,14-17H,1,5,13,18H2,2-3H3,(H,30,31)/b29-17+. The van der Waals surface area contributed by atoms with Gasteiger partial charge in [0, 0.05) is 5.56 Å². The van der Waals surface area contributed by atoms with Gasteiger partial charge in [0.15, 0.2) is 23.0 Å². The number of nitrogens with zero attached hydrogens (tertiary/aromatic N) is 1. The molecule has 0 saturated heterocycles. The SMILES string of the molecule is C=CCOc1c(Cl)cc(/C=N/NC(=O)c2ccc(OCc3ccccc3)c(OC)c2)cc1OCC. The summed E-state index contributed by atoms with van der Waals surface area (Å²) < 4.78 is 22.4. The Hall–Kier alpha value is -3.97. The second-order valence-corrected chi connectivity index (χ2v) is 7.61. The Kier molecular flexibility index (Phi) is 9.57. The van der Waals surface area contributed by atoms with Crippen molar-refractivity contribution in [2.45, 2.75) is 13.5 Å². The summed E-state index contributed by atoms with van der Waals surface area (Å²) in [7, 11) is 1.52. The number of carbonyl (C=O) groups is 1. The molecule has 0 fully saturated rings. The fourth-order valence-electron chi connectivity index (χ4n) is 3.10. The van der Waals surface area contributed by atoms with Gasteiger partial charge in [-0.15, -0.1) is 0 Å². The summed E-state index contributed by atoms with van der Waals surface area (Å²) >= 11 is 6.34. The van der Waals surface area contributed by atoms with Gasteiger partial charge in [0.05, 0.1) is 25.0 Å². The number of halogens is 1. The third kappa shape index (κ3) is 7.25. The molecule has 3 rings (SSSR count). The van der Waals surface area contributed by atoms with Crippen LogP contribution in [0.3, 0.4) is 0 Å². The van der Waals surface area contributed by atoms with E-state index in [1.807, 2.05) is 37.3 Å². The second kappa shape index (κ2) is 13.1. The van der Waals surface area contributed by atoms with Crippen LogP contribution in [0.5, 0.6) is 23.0 Å². The minimum atomic E-state index is -0.406. The van der Waals surface area contributed by atoms with Crippen molar-refractivity contribution in [1.82, 2.24) is 5.43 Å². The monoisotopic (exact) mass is 494 g/mol. The van der Waals surface area contributed by atoms with Gasteiger partial charge in [0.25, 0.3) is 5.91 Å². The van der Waals surface area contributed by atoms with E-state index in [1.54, 1.807) is 36.4 Å². The van der Waals surface area contributed by atoms with Crippen LogP contribution in [0.1, 0.15) is 28.4 Å². The van der Waals surface area contributed by atoms with Gasteiger partial charge in [-0.1, -0.05) is 54.6 Å². The summed E-state index contributed by atoms with van der Waals surface area (Å²) in [6.07, 6.45) is 3.09. The fraction of sp³-hybridized carbons (Fsp3) is 0.185. The number of benzene rings is 3. The highest BCUT2D eigenvalue weighted by molar-refractivity contribution is 6.32. The first-order valence-corrected chi connectivity index (χ1v) is 11.3. The fourth-order valence-corrected chi connectivity index (χ4v) is 3.37. The Morgan fingerprint density at radius 1 is 1.03 bits per heavy atom. The summed E-state index contributed by atoms with van der Waals surface area (Å²) in [5.41, 5.74) is 4.53. The van der Waals surface area contributed by atoms with Gasteiger partial charge in [0.2, 0.25) is 0 Å². The van der Waals surface area contributed by atoms with Crippen molar-refractivity contribution in [1.29, 1.82) is 0 Å². The number of hydrazone groups is 1. The predicted octanol–water partition coefficient (Wildman–Crippen LogP) is 5.66. The largest absolute Gasteiger partial charge is 0.493 e. The number of carbonyl (C=O) groups excluding carboxylic acids is 1. The molecule has 0 atom stereocenters. The van der Waals surface area contributed by atoms with E-state index in [0.717, 1.165) is 5.56 Å². The normalized spacial score (nSPS) is 10.6. The van der Waals surface area contributed by atoms with Crippen LogP contribution in [0.2, 0.25) is 5.02 Å². The number of rotatable bonds is 12. The van der Waals surface area contributed by atoms with E-state index >= 15 is 0 Å². The van der Waals surface area contributed by atoms with Gasteiger partial charge in [-0.2, -0.15) is 5.10 Å². The number of methoxy groups -OCH3 is 1. The molecule has 0 radical (unpaired) electrons. The Morgan fingerprint density at radius 2 is 1.83 bits per heavy atom. The van der Waals surface area contributed by atoms with E-state index in [2.05, 4.69) is 17.1 Å². The van der Waals surface area contributed by atoms with E-state index in [9.17, 15) is 4.79 Å². The lowest BCUT2D eigenvalue weighted by molar-refractivity contribution is 0.0954.